The average Bonchev–Trinajstić information content (AvgIpc) is 3.10. The third-order valence-corrected chi connectivity index (χ3v) is 3.67. The number of hydrogen-bond donors (Lipinski definition) is 0. The first kappa shape index (κ1) is 16.3. The van der Waals surface area contributed by atoms with Crippen LogP contribution in [0, 0.1) is 10.1 Å². The van der Waals surface area contributed by atoms with Crippen LogP contribution in [0.5, 0.6) is 0 Å². The van der Waals surface area contributed by atoms with Gasteiger partial charge in [0.1, 0.15) is 12.9 Å². The van der Waals surface area contributed by atoms with Gasteiger partial charge in [0.15, 0.2) is 5.82 Å². The number of rotatable bonds is 5. The topological polar surface area (TPSA) is 94.2 Å². The third-order valence-electron chi connectivity index (χ3n) is 3.67. The molecule has 0 aliphatic carbocycles. The van der Waals surface area contributed by atoms with Crippen molar-refractivity contribution < 1.29 is 9.72 Å². The van der Waals surface area contributed by atoms with E-state index in [0.29, 0.717) is 11.4 Å². The van der Waals surface area contributed by atoms with Crippen LogP contribution in [0.15, 0.2) is 60.9 Å². The van der Waals surface area contributed by atoms with Crippen molar-refractivity contribution >= 4 is 17.3 Å². The molecule has 8 nitrogen and oxygen atoms in total. The smallest absolute Gasteiger partial charge is 0.270 e. The maximum Gasteiger partial charge on any atom is 0.270 e. The number of benzene rings is 2. The zero-order valence-electron chi connectivity index (χ0n) is 13.4. The fourth-order valence-electron chi connectivity index (χ4n) is 2.30. The van der Waals surface area contributed by atoms with E-state index in [1.54, 1.807) is 19.2 Å². The molecule has 0 saturated carbocycles. The van der Waals surface area contributed by atoms with Crippen molar-refractivity contribution in [2.75, 3.05) is 11.9 Å². The Bertz CT molecular complexity index is 907. The average molecular weight is 337 g/mol. The lowest BCUT2D eigenvalue weighted by Crippen LogP contribution is -2.30. The van der Waals surface area contributed by atoms with E-state index in [2.05, 4.69) is 10.1 Å². The Balaban J connectivity index is 1.75. The Kier molecular flexibility index (Phi) is 4.51. The molecule has 0 bridgehead atoms. The second kappa shape index (κ2) is 6.91. The van der Waals surface area contributed by atoms with E-state index in [1.165, 1.54) is 28.0 Å². The molecule has 1 aromatic heterocycles. The molecular weight excluding hydrogens is 322 g/mol. The maximum absolute atomic E-state index is 12.4. The summed E-state index contributed by atoms with van der Waals surface area (Å²) in [5.41, 5.74) is 1.28. The SMILES string of the molecule is CN(C(=O)Cn1cnc(-c2cccc([N+](=O)[O-])c2)n1)c1ccccc1. The lowest BCUT2D eigenvalue weighted by atomic mass is 10.2. The first-order chi connectivity index (χ1) is 12.0. The van der Waals surface area contributed by atoms with Gasteiger partial charge in [-0.2, -0.15) is 5.10 Å². The Hall–Kier alpha value is -3.55. The zero-order chi connectivity index (χ0) is 17.8. The molecule has 0 unspecified atom stereocenters. The predicted molar refractivity (Wildman–Crippen MR) is 92.0 cm³/mol. The maximum atomic E-state index is 12.4. The van der Waals surface area contributed by atoms with Gasteiger partial charge in [-0.25, -0.2) is 9.67 Å². The Labute approximate surface area is 143 Å². The van der Waals surface area contributed by atoms with E-state index in [4.69, 9.17) is 0 Å². The molecule has 1 heterocycles. The van der Waals surface area contributed by atoms with Crippen molar-refractivity contribution in [1.82, 2.24) is 14.8 Å². The molecule has 0 fully saturated rings. The summed E-state index contributed by atoms with van der Waals surface area (Å²) in [6, 6.07) is 15.3. The summed E-state index contributed by atoms with van der Waals surface area (Å²) in [4.78, 5) is 28.4. The van der Waals surface area contributed by atoms with Crippen molar-refractivity contribution in [2.24, 2.45) is 0 Å². The van der Waals surface area contributed by atoms with Gasteiger partial charge in [-0.3, -0.25) is 14.9 Å². The second-order valence-corrected chi connectivity index (χ2v) is 5.36. The molecule has 3 aromatic rings. The lowest BCUT2D eigenvalue weighted by Gasteiger charge is -2.16. The van der Waals surface area contributed by atoms with Gasteiger partial charge in [-0.1, -0.05) is 30.3 Å². The van der Waals surface area contributed by atoms with Crippen LogP contribution in [-0.4, -0.2) is 32.6 Å². The first-order valence-electron chi connectivity index (χ1n) is 7.50. The summed E-state index contributed by atoms with van der Waals surface area (Å²) in [5, 5.41) is 15.1. The lowest BCUT2D eigenvalue weighted by molar-refractivity contribution is -0.384. The van der Waals surface area contributed by atoms with Crippen molar-refractivity contribution in [1.29, 1.82) is 0 Å². The van der Waals surface area contributed by atoms with Crippen LogP contribution in [-0.2, 0) is 11.3 Å². The van der Waals surface area contributed by atoms with Crippen LogP contribution in [0.3, 0.4) is 0 Å². The number of amides is 1. The minimum Gasteiger partial charge on any atom is -0.314 e. The number of nitro groups is 1. The van der Waals surface area contributed by atoms with Gasteiger partial charge < -0.3 is 4.90 Å². The quantitative estimate of drug-likeness (QED) is 0.527. The standard InChI is InChI=1S/C17H15N5O3/c1-20(14-7-3-2-4-8-14)16(23)11-21-12-18-17(19-21)13-6-5-9-15(10-13)22(24)25/h2-10,12H,11H2,1H3. The number of carbonyl (C=O) groups is 1. The molecule has 8 heteroatoms. The van der Waals surface area contributed by atoms with Crippen LogP contribution < -0.4 is 4.90 Å². The molecule has 0 saturated heterocycles. The Morgan fingerprint density at radius 2 is 1.96 bits per heavy atom. The van der Waals surface area contributed by atoms with E-state index in [1.807, 2.05) is 30.3 Å². The van der Waals surface area contributed by atoms with Gasteiger partial charge in [-0.15, -0.1) is 0 Å². The third kappa shape index (κ3) is 3.69. The molecular formula is C17H15N5O3. The molecule has 126 valence electrons. The highest BCUT2D eigenvalue weighted by Gasteiger charge is 2.14. The molecule has 1 amide bonds. The largest absolute Gasteiger partial charge is 0.314 e. The molecule has 0 spiro atoms. The molecule has 0 radical (unpaired) electrons. The van der Waals surface area contributed by atoms with Crippen LogP contribution in [0.2, 0.25) is 0 Å². The summed E-state index contributed by atoms with van der Waals surface area (Å²) < 4.78 is 1.41. The fraction of sp³-hybridized carbons (Fsp3) is 0.118. The number of hydrogen-bond acceptors (Lipinski definition) is 5. The molecule has 0 atom stereocenters. The minimum absolute atomic E-state index is 0.0212. The highest BCUT2D eigenvalue weighted by Crippen LogP contribution is 2.20. The fourth-order valence-corrected chi connectivity index (χ4v) is 2.30. The molecule has 0 aliphatic heterocycles. The van der Waals surface area contributed by atoms with E-state index in [0.717, 1.165) is 5.69 Å². The normalized spacial score (nSPS) is 10.4. The van der Waals surface area contributed by atoms with Crippen LogP contribution in [0.1, 0.15) is 0 Å². The number of nitro benzene ring substituents is 1. The van der Waals surface area contributed by atoms with E-state index >= 15 is 0 Å². The summed E-state index contributed by atoms with van der Waals surface area (Å²) in [7, 11) is 1.69. The Morgan fingerprint density at radius 3 is 2.68 bits per heavy atom. The summed E-state index contributed by atoms with van der Waals surface area (Å²) in [6.45, 7) is 0.0212. The van der Waals surface area contributed by atoms with Crippen molar-refractivity contribution in [3.8, 4) is 11.4 Å². The van der Waals surface area contributed by atoms with Crippen LogP contribution >= 0.6 is 0 Å². The van der Waals surface area contributed by atoms with Gasteiger partial charge in [0, 0.05) is 30.4 Å². The zero-order valence-corrected chi connectivity index (χ0v) is 13.4. The van der Waals surface area contributed by atoms with E-state index in [-0.39, 0.29) is 18.1 Å². The molecule has 25 heavy (non-hydrogen) atoms. The number of para-hydroxylation sites is 1. The minimum atomic E-state index is -0.473. The monoisotopic (exact) mass is 337 g/mol. The van der Waals surface area contributed by atoms with Gasteiger partial charge in [0.2, 0.25) is 5.91 Å². The van der Waals surface area contributed by atoms with Gasteiger partial charge in [0.25, 0.3) is 5.69 Å². The number of non-ortho nitro benzene ring substituents is 1. The van der Waals surface area contributed by atoms with E-state index < -0.39 is 4.92 Å². The predicted octanol–water partition coefficient (Wildman–Crippen LogP) is 2.52. The number of carbonyl (C=O) groups excluding carboxylic acids is 1. The number of anilines is 1. The van der Waals surface area contributed by atoms with Crippen molar-refractivity contribution in [3.05, 3.63) is 71.0 Å². The second-order valence-electron chi connectivity index (χ2n) is 5.36. The summed E-state index contributed by atoms with van der Waals surface area (Å²) >= 11 is 0. The molecule has 2 aromatic carbocycles. The number of likely N-dealkylation sites (N-methyl/N-ethyl adjacent to an activating group) is 1. The summed E-state index contributed by atoms with van der Waals surface area (Å²) in [5.74, 6) is 0.181. The van der Waals surface area contributed by atoms with Gasteiger partial charge >= 0.3 is 0 Å². The Morgan fingerprint density at radius 1 is 1.20 bits per heavy atom. The van der Waals surface area contributed by atoms with Crippen molar-refractivity contribution in [3.63, 3.8) is 0 Å². The molecule has 0 N–H and O–H groups in total. The van der Waals surface area contributed by atoms with Crippen LogP contribution in [0.4, 0.5) is 11.4 Å². The van der Waals surface area contributed by atoms with Gasteiger partial charge in [-0.05, 0) is 12.1 Å². The molecule has 3 rings (SSSR count). The highest BCUT2D eigenvalue weighted by molar-refractivity contribution is 5.92. The molecule has 0 aliphatic rings. The highest BCUT2D eigenvalue weighted by atomic mass is 16.6. The van der Waals surface area contributed by atoms with Crippen molar-refractivity contribution in [2.45, 2.75) is 6.54 Å². The first-order valence-corrected chi connectivity index (χ1v) is 7.50. The summed E-state index contributed by atoms with van der Waals surface area (Å²) in [6.07, 6.45) is 1.44. The van der Waals surface area contributed by atoms with Crippen LogP contribution in [0.25, 0.3) is 11.4 Å². The number of aromatic nitrogens is 3. The number of nitrogens with zero attached hydrogens (tertiary/aromatic N) is 5. The van der Waals surface area contributed by atoms with E-state index in [9.17, 15) is 14.9 Å². The van der Waals surface area contributed by atoms with Gasteiger partial charge in [0.05, 0.1) is 4.92 Å².